The first-order valence-corrected chi connectivity index (χ1v) is 10.4. The number of amides is 3. The molecular formula is C24H25N3O4. The van der Waals surface area contributed by atoms with Crippen LogP contribution in [0.1, 0.15) is 38.0 Å². The quantitative estimate of drug-likeness (QED) is 0.532. The topological polar surface area (TPSA) is 70.2 Å². The maximum atomic E-state index is 13.1. The number of para-hydroxylation sites is 2. The zero-order valence-electron chi connectivity index (χ0n) is 17.5. The molecule has 7 heteroatoms. The molecule has 31 heavy (non-hydrogen) atoms. The predicted molar refractivity (Wildman–Crippen MR) is 118 cm³/mol. The van der Waals surface area contributed by atoms with E-state index in [9.17, 15) is 14.4 Å². The minimum atomic E-state index is -0.382. The van der Waals surface area contributed by atoms with E-state index in [1.54, 1.807) is 17.0 Å². The second-order valence-electron chi connectivity index (χ2n) is 7.45. The Balaban J connectivity index is 1.46. The van der Waals surface area contributed by atoms with E-state index in [4.69, 9.17) is 4.74 Å². The van der Waals surface area contributed by atoms with Gasteiger partial charge in [-0.2, -0.15) is 0 Å². The van der Waals surface area contributed by atoms with Crippen molar-refractivity contribution in [3.63, 3.8) is 0 Å². The van der Waals surface area contributed by atoms with Gasteiger partial charge < -0.3 is 14.5 Å². The number of piperazine rings is 1. The summed E-state index contributed by atoms with van der Waals surface area (Å²) < 4.78 is 5.73. The standard InChI is InChI=1S/C24H25N3O4/c1-3-11-27-23(29)18-10-9-17(16-19(18)24(27)30)22(28)26-14-12-25(13-15-26)20-7-5-6-8-21(20)31-4-2/h3,5-10,16H,1,4,11-15H2,2H3. The third kappa shape index (κ3) is 3.79. The number of carbonyl (C=O) groups is 3. The summed E-state index contributed by atoms with van der Waals surface area (Å²) in [7, 11) is 0. The zero-order valence-corrected chi connectivity index (χ0v) is 17.5. The summed E-state index contributed by atoms with van der Waals surface area (Å²) in [5, 5.41) is 0. The summed E-state index contributed by atoms with van der Waals surface area (Å²) in [6.45, 7) is 8.79. The number of nitrogens with zero attached hydrogens (tertiary/aromatic N) is 3. The maximum Gasteiger partial charge on any atom is 0.261 e. The molecule has 2 aromatic rings. The second-order valence-corrected chi connectivity index (χ2v) is 7.45. The fraction of sp³-hybridized carbons (Fsp3) is 0.292. The number of fused-ring (bicyclic) bond motifs is 1. The Bertz CT molecular complexity index is 1040. The van der Waals surface area contributed by atoms with Gasteiger partial charge in [-0.25, -0.2) is 0 Å². The van der Waals surface area contributed by atoms with Crippen LogP contribution >= 0.6 is 0 Å². The number of hydrogen-bond acceptors (Lipinski definition) is 5. The van der Waals surface area contributed by atoms with E-state index in [-0.39, 0.29) is 29.8 Å². The molecule has 2 aliphatic rings. The highest BCUT2D eigenvalue weighted by Crippen LogP contribution is 2.29. The van der Waals surface area contributed by atoms with Gasteiger partial charge >= 0.3 is 0 Å². The largest absolute Gasteiger partial charge is 0.492 e. The van der Waals surface area contributed by atoms with Gasteiger partial charge in [-0.1, -0.05) is 18.2 Å². The van der Waals surface area contributed by atoms with Gasteiger partial charge in [-0.15, -0.1) is 6.58 Å². The van der Waals surface area contributed by atoms with E-state index in [2.05, 4.69) is 11.5 Å². The first-order valence-electron chi connectivity index (χ1n) is 10.4. The van der Waals surface area contributed by atoms with Crippen LogP contribution in [0.5, 0.6) is 5.75 Å². The Morgan fingerprint density at radius 2 is 1.74 bits per heavy atom. The van der Waals surface area contributed by atoms with Crippen molar-refractivity contribution in [2.75, 3.05) is 44.2 Å². The summed E-state index contributed by atoms with van der Waals surface area (Å²) in [5.74, 6) is -0.0222. The number of benzene rings is 2. The fourth-order valence-electron chi connectivity index (χ4n) is 4.05. The summed E-state index contributed by atoms with van der Waals surface area (Å²) >= 11 is 0. The first-order chi connectivity index (χ1) is 15.0. The minimum Gasteiger partial charge on any atom is -0.492 e. The molecule has 3 amide bonds. The van der Waals surface area contributed by atoms with Crippen molar-refractivity contribution < 1.29 is 19.1 Å². The average molecular weight is 419 g/mol. The van der Waals surface area contributed by atoms with Crippen molar-refractivity contribution in [1.82, 2.24) is 9.80 Å². The predicted octanol–water partition coefficient (Wildman–Crippen LogP) is 2.83. The Morgan fingerprint density at radius 3 is 2.45 bits per heavy atom. The van der Waals surface area contributed by atoms with Crippen molar-refractivity contribution >= 4 is 23.4 Å². The third-order valence-corrected chi connectivity index (χ3v) is 5.60. The zero-order chi connectivity index (χ0) is 22.0. The fourth-order valence-corrected chi connectivity index (χ4v) is 4.05. The number of imide groups is 1. The summed E-state index contributed by atoms with van der Waals surface area (Å²) in [4.78, 5) is 43.1. The average Bonchev–Trinajstić information content (AvgIpc) is 3.04. The van der Waals surface area contributed by atoms with Crippen LogP contribution in [-0.4, -0.2) is 66.9 Å². The van der Waals surface area contributed by atoms with Crippen LogP contribution in [0.25, 0.3) is 0 Å². The first kappa shape index (κ1) is 20.7. The van der Waals surface area contributed by atoms with Crippen LogP contribution in [0.15, 0.2) is 55.1 Å². The van der Waals surface area contributed by atoms with Crippen molar-refractivity contribution in [2.24, 2.45) is 0 Å². The SMILES string of the molecule is C=CCN1C(=O)c2ccc(C(=O)N3CCN(c4ccccc4OCC)CC3)cc2C1=O. The molecule has 0 saturated carbocycles. The Hall–Kier alpha value is -3.61. The maximum absolute atomic E-state index is 13.1. The van der Waals surface area contributed by atoms with Crippen LogP contribution in [0.2, 0.25) is 0 Å². The van der Waals surface area contributed by atoms with E-state index in [1.165, 1.54) is 12.1 Å². The van der Waals surface area contributed by atoms with E-state index in [0.717, 1.165) is 16.3 Å². The van der Waals surface area contributed by atoms with Gasteiger partial charge in [-0.05, 0) is 37.3 Å². The molecule has 0 radical (unpaired) electrons. The molecule has 0 N–H and O–H groups in total. The van der Waals surface area contributed by atoms with Gasteiger partial charge in [0.1, 0.15) is 5.75 Å². The molecule has 1 fully saturated rings. The lowest BCUT2D eigenvalue weighted by Gasteiger charge is -2.36. The lowest BCUT2D eigenvalue weighted by Crippen LogP contribution is -2.48. The van der Waals surface area contributed by atoms with Gasteiger partial charge in [0, 0.05) is 38.3 Å². The molecule has 2 heterocycles. The number of ether oxygens (including phenoxy) is 1. The monoisotopic (exact) mass is 419 g/mol. The van der Waals surface area contributed by atoms with Crippen molar-refractivity contribution in [3.8, 4) is 5.75 Å². The lowest BCUT2D eigenvalue weighted by atomic mass is 10.0. The molecule has 2 aromatic carbocycles. The van der Waals surface area contributed by atoms with Crippen LogP contribution in [0.3, 0.4) is 0 Å². The summed E-state index contributed by atoms with van der Waals surface area (Å²) in [6.07, 6.45) is 1.51. The molecule has 0 atom stereocenters. The van der Waals surface area contributed by atoms with Crippen LogP contribution in [0, 0.1) is 0 Å². The highest BCUT2D eigenvalue weighted by Gasteiger charge is 2.35. The van der Waals surface area contributed by atoms with Crippen LogP contribution in [-0.2, 0) is 0 Å². The van der Waals surface area contributed by atoms with Crippen LogP contribution in [0.4, 0.5) is 5.69 Å². The van der Waals surface area contributed by atoms with E-state index < -0.39 is 0 Å². The smallest absolute Gasteiger partial charge is 0.261 e. The molecule has 0 bridgehead atoms. The number of hydrogen-bond donors (Lipinski definition) is 0. The normalized spacial score (nSPS) is 15.8. The van der Waals surface area contributed by atoms with Crippen molar-refractivity contribution in [3.05, 3.63) is 71.8 Å². The Morgan fingerprint density at radius 1 is 1.03 bits per heavy atom. The van der Waals surface area contributed by atoms with Crippen molar-refractivity contribution in [2.45, 2.75) is 6.92 Å². The molecule has 0 unspecified atom stereocenters. The molecule has 160 valence electrons. The molecule has 7 nitrogen and oxygen atoms in total. The number of anilines is 1. The molecule has 2 aliphatic heterocycles. The van der Waals surface area contributed by atoms with Crippen molar-refractivity contribution in [1.29, 1.82) is 0 Å². The lowest BCUT2D eigenvalue weighted by molar-refractivity contribution is 0.0671. The third-order valence-electron chi connectivity index (χ3n) is 5.60. The Kier molecular flexibility index (Phi) is 5.75. The molecule has 0 aliphatic carbocycles. The van der Waals surface area contributed by atoms with Crippen LogP contribution < -0.4 is 9.64 Å². The molecule has 1 saturated heterocycles. The number of rotatable bonds is 6. The van der Waals surface area contributed by atoms with Gasteiger partial charge in [0.2, 0.25) is 0 Å². The van der Waals surface area contributed by atoms with E-state index in [0.29, 0.717) is 43.9 Å². The summed E-state index contributed by atoms with van der Waals surface area (Å²) in [6, 6.07) is 12.6. The molecule has 0 aromatic heterocycles. The number of carbonyl (C=O) groups excluding carboxylic acids is 3. The van der Waals surface area contributed by atoms with Gasteiger partial charge in [0.05, 0.1) is 23.4 Å². The van der Waals surface area contributed by atoms with E-state index >= 15 is 0 Å². The Labute approximate surface area is 181 Å². The van der Waals surface area contributed by atoms with Gasteiger partial charge in [0.15, 0.2) is 0 Å². The highest BCUT2D eigenvalue weighted by molar-refractivity contribution is 6.22. The molecule has 0 spiro atoms. The highest BCUT2D eigenvalue weighted by atomic mass is 16.5. The molecular weight excluding hydrogens is 394 g/mol. The minimum absolute atomic E-state index is 0.136. The van der Waals surface area contributed by atoms with Gasteiger partial charge in [-0.3, -0.25) is 19.3 Å². The second kappa shape index (κ2) is 8.63. The van der Waals surface area contributed by atoms with Gasteiger partial charge in [0.25, 0.3) is 17.7 Å². The molecule has 4 rings (SSSR count). The summed E-state index contributed by atoms with van der Waals surface area (Å²) in [5.41, 5.74) is 2.06. The van der Waals surface area contributed by atoms with E-state index in [1.807, 2.05) is 31.2 Å².